The maximum Gasteiger partial charge on any atom is 0.225 e. The third-order valence-electron chi connectivity index (χ3n) is 4.28. The van der Waals surface area contributed by atoms with Crippen molar-refractivity contribution >= 4 is 5.91 Å². The van der Waals surface area contributed by atoms with Gasteiger partial charge in [0.2, 0.25) is 5.91 Å². The van der Waals surface area contributed by atoms with Crippen molar-refractivity contribution in [2.45, 2.75) is 26.3 Å². The molecule has 25 heavy (non-hydrogen) atoms. The molecule has 0 saturated carbocycles. The summed E-state index contributed by atoms with van der Waals surface area (Å²) < 4.78 is 0. The summed E-state index contributed by atoms with van der Waals surface area (Å²) in [5.74, 6) is 0.000888. The summed E-state index contributed by atoms with van der Waals surface area (Å²) in [7, 11) is 0. The van der Waals surface area contributed by atoms with Crippen LogP contribution in [0.1, 0.15) is 33.9 Å². The molecule has 0 saturated heterocycles. The molecule has 0 bridgehead atoms. The monoisotopic (exact) mass is 330 g/mol. The maximum absolute atomic E-state index is 12.6. The molecule has 3 aromatic rings. The quantitative estimate of drug-likeness (QED) is 0.764. The Kier molecular flexibility index (Phi) is 5.24. The summed E-state index contributed by atoms with van der Waals surface area (Å²) in [5.41, 5.74) is 5.42. The first-order valence-corrected chi connectivity index (χ1v) is 8.44. The van der Waals surface area contributed by atoms with Gasteiger partial charge < -0.3 is 5.32 Å². The number of aromatic nitrogens is 1. The summed E-state index contributed by atoms with van der Waals surface area (Å²) in [4.78, 5) is 16.9. The number of amides is 1. The molecule has 3 heteroatoms. The van der Waals surface area contributed by atoms with Gasteiger partial charge in [-0.2, -0.15) is 0 Å². The number of aryl methyl sites for hydroxylation is 2. The number of benzene rings is 2. The molecule has 1 atom stereocenters. The van der Waals surface area contributed by atoms with Crippen LogP contribution in [0.4, 0.5) is 0 Å². The zero-order chi connectivity index (χ0) is 17.6. The zero-order valence-corrected chi connectivity index (χ0v) is 14.6. The van der Waals surface area contributed by atoms with Crippen molar-refractivity contribution in [2.75, 3.05) is 0 Å². The van der Waals surface area contributed by atoms with E-state index in [1.165, 1.54) is 5.56 Å². The highest BCUT2D eigenvalue weighted by atomic mass is 16.1. The van der Waals surface area contributed by atoms with Gasteiger partial charge in [0.25, 0.3) is 0 Å². The Morgan fingerprint density at radius 1 is 1.04 bits per heavy atom. The molecule has 1 heterocycles. The van der Waals surface area contributed by atoms with E-state index < -0.39 is 0 Å². The minimum atomic E-state index is -0.204. The van der Waals surface area contributed by atoms with Crippen LogP contribution in [0, 0.1) is 13.8 Å². The first-order valence-electron chi connectivity index (χ1n) is 8.44. The van der Waals surface area contributed by atoms with Gasteiger partial charge >= 0.3 is 0 Å². The maximum atomic E-state index is 12.6. The molecular formula is C22H22N2O. The number of rotatable bonds is 5. The molecule has 3 nitrogen and oxygen atoms in total. The smallest absolute Gasteiger partial charge is 0.225 e. The molecule has 1 N–H and O–H groups in total. The van der Waals surface area contributed by atoms with Crippen LogP contribution in [0.3, 0.4) is 0 Å². The molecule has 0 aliphatic carbocycles. The second-order valence-corrected chi connectivity index (χ2v) is 6.31. The van der Waals surface area contributed by atoms with E-state index in [4.69, 9.17) is 0 Å². The fourth-order valence-electron chi connectivity index (χ4n) is 2.95. The van der Waals surface area contributed by atoms with Crippen LogP contribution in [-0.2, 0) is 11.2 Å². The predicted molar refractivity (Wildman–Crippen MR) is 100 cm³/mol. The van der Waals surface area contributed by atoms with E-state index in [-0.39, 0.29) is 11.9 Å². The predicted octanol–water partition coefficient (Wildman–Crippen LogP) is 4.15. The van der Waals surface area contributed by atoms with E-state index in [1.54, 1.807) is 6.20 Å². The van der Waals surface area contributed by atoms with E-state index in [2.05, 4.69) is 42.3 Å². The van der Waals surface area contributed by atoms with Crippen LogP contribution in [0.5, 0.6) is 0 Å². The van der Waals surface area contributed by atoms with E-state index in [0.717, 1.165) is 22.3 Å². The molecule has 0 radical (unpaired) electrons. The van der Waals surface area contributed by atoms with Gasteiger partial charge in [-0.25, -0.2) is 0 Å². The molecule has 1 aromatic heterocycles. The number of pyridine rings is 1. The Morgan fingerprint density at radius 2 is 1.84 bits per heavy atom. The minimum absolute atomic E-state index is 0.000888. The Morgan fingerprint density at radius 3 is 2.56 bits per heavy atom. The molecule has 0 unspecified atom stereocenters. The topological polar surface area (TPSA) is 42.0 Å². The summed E-state index contributed by atoms with van der Waals surface area (Å²) in [6.07, 6.45) is 3.92. The van der Waals surface area contributed by atoms with Crippen LogP contribution >= 0.6 is 0 Å². The van der Waals surface area contributed by atoms with Crippen LogP contribution in [0.15, 0.2) is 73.1 Å². The third-order valence-corrected chi connectivity index (χ3v) is 4.28. The molecule has 0 fully saturated rings. The lowest BCUT2D eigenvalue weighted by Gasteiger charge is -2.22. The molecule has 2 aromatic carbocycles. The lowest BCUT2D eigenvalue weighted by atomic mass is 9.94. The number of carbonyl (C=O) groups excluding carboxylic acids is 1. The second kappa shape index (κ2) is 7.75. The van der Waals surface area contributed by atoms with E-state index in [1.807, 2.05) is 48.7 Å². The van der Waals surface area contributed by atoms with Crippen LogP contribution in [0.25, 0.3) is 0 Å². The number of carbonyl (C=O) groups is 1. The van der Waals surface area contributed by atoms with E-state index >= 15 is 0 Å². The SMILES string of the molecule is Cc1ccc(C)c([C@H](NC(=O)Cc2ccccc2)c2cccnc2)c1. The van der Waals surface area contributed by atoms with Crippen molar-refractivity contribution in [3.63, 3.8) is 0 Å². The molecule has 0 aliphatic rings. The highest BCUT2D eigenvalue weighted by Gasteiger charge is 2.19. The Balaban J connectivity index is 1.89. The Hall–Kier alpha value is -2.94. The molecule has 3 rings (SSSR count). The highest BCUT2D eigenvalue weighted by Crippen LogP contribution is 2.25. The average molecular weight is 330 g/mol. The summed E-state index contributed by atoms with van der Waals surface area (Å²) in [6, 6.07) is 19.8. The van der Waals surface area contributed by atoms with Gasteiger partial charge in [-0.15, -0.1) is 0 Å². The highest BCUT2D eigenvalue weighted by molar-refractivity contribution is 5.79. The number of hydrogen-bond acceptors (Lipinski definition) is 2. The summed E-state index contributed by atoms with van der Waals surface area (Å²) in [6.45, 7) is 4.14. The number of nitrogens with zero attached hydrogens (tertiary/aromatic N) is 1. The number of nitrogens with one attached hydrogen (secondary N) is 1. The zero-order valence-electron chi connectivity index (χ0n) is 14.6. The molecular weight excluding hydrogens is 308 g/mol. The molecule has 0 spiro atoms. The van der Waals surface area contributed by atoms with Gasteiger partial charge in [0, 0.05) is 12.4 Å². The number of hydrogen-bond donors (Lipinski definition) is 1. The first-order chi connectivity index (χ1) is 12.1. The van der Waals surface area contributed by atoms with Crippen molar-refractivity contribution < 1.29 is 4.79 Å². The van der Waals surface area contributed by atoms with Crippen molar-refractivity contribution in [3.8, 4) is 0 Å². The van der Waals surface area contributed by atoms with Crippen molar-refractivity contribution in [1.82, 2.24) is 10.3 Å². The average Bonchev–Trinajstić information content (AvgIpc) is 2.63. The van der Waals surface area contributed by atoms with Crippen molar-refractivity contribution in [3.05, 3.63) is 101 Å². The summed E-state index contributed by atoms with van der Waals surface area (Å²) in [5, 5.41) is 3.19. The lowest BCUT2D eigenvalue weighted by molar-refractivity contribution is -0.120. The fraction of sp³-hybridized carbons (Fsp3) is 0.182. The van der Waals surface area contributed by atoms with Crippen molar-refractivity contribution in [2.24, 2.45) is 0 Å². The van der Waals surface area contributed by atoms with Gasteiger partial charge in [0.15, 0.2) is 0 Å². The minimum Gasteiger partial charge on any atom is -0.345 e. The van der Waals surface area contributed by atoms with E-state index in [9.17, 15) is 4.79 Å². The Bertz CT molecular complexity index is 844. The fourth-order valence-corrected chi connectivity index (χ4v) is 2.95. The second-order valence-electron chi connectivity index (χ2n) is 6.31. The van der Waals surface area contributed by atoms with Gasteiger partial charge in [0.05, 0.1) is 12.5 Å². The van der Waals surface area contributed by atoms with Crippen molar-refractivity contribution in [1.29, 1.82) is 0 Å². The van der Waals surface area contributed by atoms with Crippen LogP contribution < -0.4 is 5.32 Å². The van der Waals surface area contributed by atoms with E-state index in [0.29, 0.717) is 6.42 Å². The lowest BCUT2D eigenvalue weighted by Crippen LogP contribution is -2.31. The molecule has 126 valence electrons. The van der Waals surface area contributed by atoms with Gasteiger partial charge in [0.1, 0.15) is 0 Å². The van der Waals surface area contributed by atoms with Gasteiger partial charge in [-0.1, -0.05) is 60.2 Å². The molecule has 1 amide bonds. The Labute approximate surface area is 148 Å². The van der Waals surface area contributed by atoms with Crippen LogP contribution in [-0.4, -0.2) is 10.9 Å². The summed E-state index contributed by atoms with van der Waals surface area (Å²) >= 11 is 0. The van der Waals surface area contributed by atoms with Gasteiger partial charge in [-0.05, 0) is 42.2 Å². The normalized spacial score (nSPS) is 11.8. The van der Waals surface area contributed by atoms with Gasteiger partial charge in [-0.3, -0.25) is 9.78 Å². The third kappa shape index (κ3) is 4.32. The standard InChI is InChI=1S/C22H22N2O/c1-16-10-11-17(2)20(13-16)22(19-9-6-12-23-15-19)24-21(25)14-18-7-4-3-5-8-18/h3-13,15,22H,14H2,1-2H3,(H,24,25)/t22-/m1/s1. The first kappa shape index (κ1) is 16.9. The molecule has 0 aliphatic heterocycles. The largest absolute Gasteiger partial charge is 0.345 e. The van der Waals surface area contributed by atoms with Crippen LogP contribution in [0.2, 0.25) is 0 Å².